The minimum Gasteiger partial charge on any atom is -0.490 e. The molecule has 2 aromatic rings. The van der Waals surface area contributed by atoms with Crippen LogP contribution in [0, 0.1) is 6.92 Å². The van der Waals surface area contributed by atoms with Crippen molar-refractivity contribution < 1.29 is 23.7 Å². The van der Waals surface area contributed by atoms with Crippen molar-refractivity contribution in [2.75, 3.05) is 6.61 Å². The molecule has 0 radical (unpaired) electrons. The monoisotopic (exact) mass is 442 g/mol. The summed E-state index contributed by atoms with van der Waals surface area (Å²) >= 11 is 0. The second-order valence-electron chi connectivity index (χ2n) is 8.75. The third kappa shape index (κ3) is 3.50. The predicted octanol–water partition coefficient (Wildman–Crippen LogP) is 1.83. The van der Waals surface area contributed by atoms with Crippen LogP contribution in [0.5, 0.6) is 5.75 Å². The first kappa shape index (κ1) is 21.1. The highest BCUT2D eigenvalue weighted by atomic mass is 16.8. The zero-order chi connectivity index (χ0) is 22.3. The van der Waals surface area contributed by atoms with Crippen molar-refractivity contribution in [3.8, 4) is 5.75 Å². The molecule has 5 rings (SSSR count). The highest BCUT2D eigenvalue weighted by molar-refractivity contribution is 5.65. The van der Waals surface area contributed by atoms with E-state index in [1.807, 2.05) is 18.2 Å². The highest BCUT2D eigenvalue weighted by Gasteiger charge is 2.66. The Morgan fingerprint density at radius 3 is 2.59 bits per heavy atom. The summed E-state index contributed by atoms with van der Waals surface area (Å²) in [5.41, 5.74) is -2.24. The molecular weight excluding hydrogens is 416 g/mol. The van der Waals surface area contributed by atoms with Gasteiger partial charge in [0.15, 0.2) is 23.9 Å². The van der Waals surface area contributed by atoms with E-state index in [4.69, 9.17) is 18.9 Å². The molecule has 1 aliphatic carbocycles. The third-order valence-electron chi connectivity index (χ3n) is 6.54. The lowest BCUT2D eigenvalue weighted by Gasteiger charge is -2.36. The van der Waals surface area contributed by atoms with Gasteiger partial charge in [0.1, 0.15) is 24.6 Å². The van der Waals surface area contributed by atoms with Crippen LogP contribution in [0.15, 0.2) is 46.1 Å². The summed E-state index contributed by atoms with van der Waals surface area (Å²) in [4.78, 5) is 39.3. The number of aromatic amines is 1. The first-order valence-electron chi connectivity index (χ1n) is 11.0. The molecule has 0 bridgehead atoms. The molecule has 2 aliphatic heterocycles. The largest absolute Gasteiger partial charge is 0.490 e. The molecular formula is C23H26N2O7. The topological polar surface area (TPSA) is 109 Å². The van der Waals surface area contributed by atoms with Crippen LogP contribution in [0.1, 0.15) is 43.9 Å². The molecule has 3 heterocycles. The number of ether oxygens (including phenoxy) is 4. The molecule has 1 spiro atoms. The van der Waals surface area contributed by atoms with Crippen molar-refractivity contribution in [3.05, 3.63) is 62.9 Å². The van der Waals surface area contributed by atoms with E-state index >= 15 is 0 Å². The van der Waals surface area contributed by atoms with Crippen molar-refractivity contribution in [2.24, 2.45) is 0 Å². The van der Waals surface area contributed by atoms with Crippen LogP contribution < -0.4 is 16.0 Å². The lowest BCUT2D eigenvalue weighted by molar-refractivity contribution is -0.245. The second kappa shape index (κ2) is 7.99. The number of hydrogen-bond acceptors (Lipinski definition) is 7. The summed E-state index contributed by atoms with van der Waals surface area (Å²) in [7, 11) is 0. The Labute approximate surface area is 184 Å². The number of nitrogens with one attached hydrogen (secondary N) is 1. The fourth-order valence-electron chi connectivity index (χ4n) is 4.85. The minimum absolute atomic E-state index is 0.102. The Morgan fingerprint density at radius 2 is 1.88 bits per heavy atom. The van der Waals surface area contributed by atoms with Gasteiger partial charge in [0.2, 0.25) is 0 Å². The summed E-state index contributed by atoms with van der Waals surface area (Å²) in [6.45, 7) is 1.50. The van der Waals surface area contributed by atoms with Gasteiger partial charge >= 0.3 is 5.69 Å². The fraction of sp³-hybridized carbons (Fsp3) is 0.522. The Bertz CT molecular complexity index is 1110. The van der Waals surface area contributed by atoms with Crippen LogP contribution in [-0.4, -0.2) is 46.0 Å². The van der Waals surface area contributed by atoms with Crippen LogP contribution in [0.2, 0.25) is 0 Å². The first-order chi connectivity index (χ1) is 15.5. The molecule has 3 aliphatic rings. The van der Waals surface area contributed by atoms with E-state index in [-0.39, 0.29) is 6.61 Å². The standard InChI is InChI=1S/C23H26N2O7/c1-15-12-25(21(28)24-19(15)27)20-17-18(31-23(30-17)10-6-3-7-11-23)22(13-26,32-20)14-29-16-8-4-2-5-9-16/h2,4-5,8-9,12-13,17-18,20H,3,6-7,10-11,14H2,1H3,(H,24,27,28)/t17?,18?,20-,22+/m1/s1. The Balaban J connectivity index is 1.52. The predicted molar refractivity (Wildman–Crippen MR) is 112 cm³/mol. The van der Waals surface area contributed by atoms with Crippen LogP contribution in [0.25, 0.3) is 0 Å². The number of H-pyrrole nitrogens is 1. The highest BCUT2D eigenvalue weighted by Crippen LogP contribution is 2.51. The summed E-state index contributed by atoms with van der Waals surface area (Å²) in [6.07, 6.45) is 4.12. The van der Waals surface area contributed by atoms with Gasteiger partial charge in [-0.1, -0.05) is 24.6 Å². The number of carbonyl (C=O) groups excluding carboxylic acids is 1. The number of para-hydroxylation sites is 1. The molecule has 9 nitrogen and oxygen atoms in total. The van der Waals surface area contributed by atoms with E-state index in [1.165, 1.54) is 10.8 Å². The molecule has 3 fully saturated rings. The van der Waals surface area contributed by atoms with Gasteiger partial charge in [-0.25, -0.2) is 4.79 Å². The third-order valence-corrected chi connectivity index (χ3v) is 6.54. The number of aldehydes is 1. The van der Waals surface area contributed by atoms with Gasteiger partial charge in [0, 0.05) is 24.6 Å². The maximum atomic E-state index is 12.6. The van der Waals surface area contributed by atoms with E-state index in [0.29, 0.717) is 30.4 Å². The van der Waals surface area contributed by atoms with Gasteiger partial charge in [-0.2, -0.15) is 0 Å². The Morgan fingerprint density at radius 1 is 1.12 bits per heavy atom. The molecule has 0 amide bonds. The number of fused-ring (bicyclic) bond motifs is 1. The number of aromatic nitrogens is 2. The number of aryl methyl sites for hydroxylation is 1. The van der Waals surface area contributed by atoms with Crippen molar-refractivity contribution in [2.45, 2.75) is 68.9 Å². The van der Waals surface area contributed by atoms with E-state index in [0.717, 1.165) is 19.3 Å². The van der Waals surface area contributed by atoms with Crippen molar-refractivity contribution >= 4 is 6.29 Å². The normalized spacial score (nSPS) is 30.8. The Hall–Kier alpha value is -2.75. The summed E-state index contributed by atoms with van der Waals surface area (Å²) in [5, 5.41) is 0. The van der Waals surface area contributed by atoms with Crippen molar-refractivity contribution in [3.63, 3.8) is 0 Å². The van der Waals surface area contributed by atoms with Crippen LogP contribution >= 0.6 is 0 Å². The van der Waals surface area contributed by atoms with Crippen molar-refractivity contribution in [1.82, 2.24) is 9.55 Å². The molecule has 1 aromatic carbocycles. The minimum atomic E-state index is -1.48. The lowest BCUT2D eigenvalue weighted by Crippen LogP contribution is -2.50. The first-order valence-corrected chi connectivity index (χ1v) is 11.0. The average molecular weight is 442 g/mol. The maximum Gasteiger partial charge on any atom is 0.330 e. The lowest BCUT2D eigenvalue weighted by atomic mass is 9.94. The van der Waals surface area contributed by atoms with Gasteiger partial charge in [-0.3, -0.25) is 19.1 Å². The zero-order valence-corrected chi connectivity index (χ0v) is 17.8. The zero-order valence-electron chi connectivity index (χ0n) is 17.8. The van der Waals surface area contributed by atoms with Crippen LogP contribution in [-0.2, 0) is 19.0 Å². The smallest absolute Gasteiger partial charge is 0.330 e. The van der Waals surface area contributed by atoms with Gasteiger partial charge < -0.3 is 18.9 Å². The molecule has 32 heavy (non-hydrogen) atoms. The number of nitrogens with zero attached hydrogens (tertiary/aromatic N) is 1. The maximum absolute atomic E-state index is 12.6. The van der Waals surface area contributed by atoms with E-state index < -0.39 is 41.1 Å². The fourth-order valence-corrected chi connectivity index (χ4v) is 4.85. The summed E-state index contributed by atoms with van der Waals surface area (Å²) in [6, 6.07) is 9.10. The molecule has 2 unspecified atom stereocenters. The quantitative estimate of drug-likeness (QED) is 0.704. The molecule has 1 N–H and O–H groups in total. The van der Waals surface area contributed by atoms with Gasteiger partial charge in [0.05, 0.1) is 0 Å². The van der Waals surface area contributed by atoms with E-state index in [9.17, 15) is 14.4 Å². The number of hydrogen-bond donors (Lipinski definition) is 1. The van der Waals surface area contributed by atoms with Crippen LogP contribution in [0.3, 0.4) is 0 Å². The van der Waals surface area contributed by atoms with E-state index in [1.54, 1.807) is 19.1 Å². The summed E-state index contributed by atoms with van der Waals surface area (Å²) < 4.78 is 26.2. The van der Waals surface area contributed by atoms with Gasteiger partial charge in [0.25, 0.3) is 5.56 Å². The number of carbonyl (C=O) groups is 1. The number of benzene rings is 1. The number of rotatable bonds is 5. The second-order valence-corrected chi connectivity index (χ2v) is 8.75. The Kier molecular flexibility index (Phi) is 5.27. The molecule has 1 saturated carbocycles. The van der Waals surface area contributed by atoms with E-state index in [2.05, 4.69) is 4.98 Å². The molecule has 1 aromatic heterocycles. The molecule has 9 heteroatoms. The SMILES string of the molecule is Cc1cn([C@@H]2O[C@@](C=O)(COc3ccccc3)C3OC4(CCCCC4)OC32)c(=O)[nH]c1=O. The van der Waals surface area contributed by atoms with Crippen molar-refractivity contribution in [1.29, 1.82) is 0 Å². The van der Waals surface area contributed by atoms with Gasteiger partial charge in [-0.15, -0.1) is 0 Å². The molecule has 4 atom stereocenters. The molecule has 170 valence electrons. The average Bonchev–Trinajstić information content (AvgIpc) is 3.30. The molecule has 2 saturated heterocycles. The van der Waals surface area contributed by atoms with Crippen LogP contribution in [0.4, 0.5) is 0 Å². The van der Waals surface area contributed by atoms with Gasteiger partial charge in [-0.05, 0) is 31.9 Å². The summed E-state index contributed by atoms with van der Waals surface area (Å²) in [5.74, 6) is -0.224.